The second-order valence-corrected chi connectivity index (χ2v) is 5.50. The summed E-state index contributed by atoms with van der Waals surface area (Å²) in [5.74, 6) is 0.00870. The highest BCUT2D eigenvalue weighted by Crippen LogP contribution is 2.22. The monoisotopic (exact) mass is 316 g/mol. The number of rotatable bonds is 5. The van der Waals surface area contributed by atoms with Gasteiger partial charge in [-0.1, -0.05) is 12.1 Å². The van der Waals surface area contributed by atoms with E-state index in [0.717, 1.165) is 0 Å². The van der Waals surface area contributed by atoms with Crippen LogP contribution in [0.2, 0.25) is 0 Å². The molecule has 2 amide bonds. The van der Waals surface area contributed by atoms with Crippen LogP contribution in [-0.2, 0) is 22.7 Å². The highest BCUT2D eigenvalue weighted by atomic mass is 19.1. The SMILES string of the molecule is O=C(NCc1cccc(F)c1)C1CCC(=O)N1Cc1ccco1. The molecule has 1 unspecified atom stereocenters. The molecule has 1 aliphatic rings. The van der Waals surface area contributed by atoms with Gasteiger partial charge in [-0.15, -0.1) is 0 Å². The van der Waals surface area contributed by atoms with Crippen molar-refractivity contribution in [2.45, 2.75) is 32.0 Å². The molecule has 0 aliphatic carbocycles. The van der Waals surface area contributed by atoms with Crippen LogP contribution in [0, 0.1) is 5.82 Å². The van der Waals surface area contributed by atoms with Crippen molar-refractivity contribution < 1.29 is 18.4 Å². The average molecular weight is 316 g/mol. The number of likely N-dealkylation sites (tertiary alicyclic amines) is 1. The second kappa shape index (κ2) is 6.64. The predicted molar refractivity (Wildman–Crippen MR) is 80.5 cm³/mol. The summed E-state index contributed by atoms with van der Waals surface area (Å²) in [6.45, 7) is 0.514. The minimum Gasteiger partial charge on any atom is -0.467 e. The van der Waals surface area contributed by atoms with Gasteiger partial charge < -0.3 is 14.6 Å². The molecule has 1 aliphatic heterocycles. The lowest BCUT2D eigenvalue weighted by molar-refractivity contribution is -0.136. The first-order chi connectivity index (χ1) is 11.1. The molecule has 23 heavy (non-hydrogen) atoms. The third-order valence-corrected chi connectivity index (χ3v) is 3.89. The van der Waals surface area contributed by atoms with Gasteiger partial charge in [0.2, 0.25) is 11.8 Å². The second-order valence-electron chi connectivity index (χ2n) is 5.50. The normalized spacial score (nSPS) is 17.5. The summed E-state index contributed by atoms with van der Waals surface area (Å²) in [7, 11) is 0. The van der Waals surface area contributed by atoms with E-state index in [2.05, 4.69) is 5.32 Å². The van der Waals surface area contributed by atoms with E-state index in [9.17, 15) is 14.0 Å². The third kappa shape index (κ3) is 3.59. The first-order valence-corrected chi connectivity index (χ1v) is 7.47. The third-order valence-electron chi connectivity index (χ3n) is 3.89. The number of halogens is 1. The maximum atomic E-state index is 13.1. The molecule has 1 saturated heterocycles. The summed E-state index contributed by atoms with van der Waals surface area (Å²) in [6, 6.07) is 9.07. The zero-order valence-corrected chi connectivity index (χ0v) is 12.5. The Hall–Kier alpha value is -2.63. The smallest absolute Gasteiger partial charge is 0.243 e. The number of hydrogen-bond donors (Lipinski definition) is 1. The molecule has 1 aromatic carbocycles. The van der Waals surface area contributed by atoms with Crippen LogP contribution in [0.4, 0.5) is 4.39 Å². The Bertz CT molecular complexity index is 700. The lowest BCUT2D eigenvalue weighted by Gasteiger charge is -2.23. The Morgan fingerprint density at radius 2 is 2.22 bits per heavy atom. The minimum absolute atomic E-state index is 0.0627. The molecule has 1 atom stereocenters. The van der Waals surface area contributed by atoms with Crippen LogP contribution in [0.15, 0.2) is 47.1 Å². The van der Waals surface area contributed by atoms with Gasteiger partial charge in [0.1, 0.15) is 17.6 Å². The fourth-order valence-electron chi connectivity index (χ4n) is 2.73. The van der Waals surface area contributed by atoms with E-state index >= 15 is 0 Å². The summed E-state index contributed by atoms with van der Waals surface area (Å²) >= 11 is 0. The zero-order valence-electron chi connectivity index (χ0n) is 12.5. The number of carbonyl (C=O) groups is 2. The molecule has 5 nitrogen and oxygen atoms in total. The van der Waals surface area contributed by atoms with Crippen molar-refractivity contribution in [3.05, 3.63) is 59.8 Å². The maximum Gasteiger partial charge on any atom is 0.243 e. The zero-order chi connectivity index (χ0) is 16.2. The minimum atomic E-state index is -0.513. The molecule has 0 saturated carbocycles. The number of furan rings is 1. The average Bonchev–Trinajstić information content (AvgIpc) is 3.16. The van der Waals surface area contributed by atoms with E-state index in [1.807, 2.05) is 0 Å². The van der Waals surface area contributed by atoms with Gasteiger partial charge in [-0.2, -0.15) is 0 Å². The van der Waals surface area contributed by atoms with Crippen molar-refractivity contribution >= 4 is 11.8 Å². The number of nitrogens with one attached hydrogen (secondary N) is 1. The standard InChI is InChI=1S/C17H17FN2O3/c18-13-4-1-3-12(9-13)10-19-17(22)15-6-7-16(21)20(15)11-14-5-2-8-23-14/h1-5,8-9,15H,6-7,10-11H2,(H,19,22). The maximum absolute atomic E-state index is 13.1. The molecular weight excluding hydrogens is 299 g/mol. The van der Waals surface area contributed by atoms with Crippen LogP contribution >= 0.6 is 0 Å². The highest BCUT2D eigenvalue weighted by Gasteiger charge is 2.36. The molecule has 120 valence electrons. The van der Waals surface area contributed by atoms with Crippen molar-refractivity contribution in [1.29, 1.82) is 0 Å². The Kier molecular flexibility index (Phi) is 4.41. The van der Waals surface area contributed by atoms with Crippen molar-refractivity contribution in [1.82, 2.24) is 10.2 Å². The van der Waals surface area contributed by atoms with Gasteiger partial charge in [0.05, 0.1) is 12.8 Å². The van der Waals surface area contributed by atoms with E-state index in [1.54, 1.807) is 24.3 Å². The molecule has 2 heterocycles. The van der Waals surface area contributed by atoms with Gasteiger partial charge in [0.15, 0.2) is 0 Å². The van der Waals surface area contributed by atoms with E-state index in [0.29, 0.717) is 24.2 Å². The van der Waals surface area contributed by atoms with E-state index in [-0.39, 0.29) is 30.7 Å². The molecule has 0 spiro atoms. The van der Waals surface area contributed by atoms with Gasteiger partial charge in [0.25, 0.3) is 0 Å². The van der Waals surface area contributed by atoms with Gasteiger partial charge in [-0.3, -0.25) is 9.59 Å². The topological polar surface area (TPSA) is 62.6 Å². The van der Waals surface area contributed by atoms with Crippen LogP contribution in [0.3, 0.4) is 0 Å². The molecular formula is C17H17FN2O3. The molecule has 1 aromatic heterocycles. The number of amides is 2. The number of nitrogens with zero attached hydrogens (tertiary/aromatic N) is 1. The van der Waals surface area contributed by atoms with Gasteiger partial charge in [-0.25, -0.2) is 4.39 Å². The van der Waals surface area contributed by atoms with Gasteiger partial charge in [-0.05, 0) is 36.2 Å². The lowest BCUT2D eigenvalue weighted by atomic mass is 10.2. The summed E-state index contributed by atoms with van der Waals surface area (Å²) in [5, 5.41) is 2.77. The number of benzene rings is 1. The van der Waals surface area contributed by atoms with E-state index in [4.69, 9.17) is 4.42 Å². The van der Waals surface area contributed by atoms with Crippen LogP contribution < -0.4 is 5.32 Å². The largest absolute Gasteiger partial charge is 0.467 e. The van der Waals surface area contributed by atoms with E-state index in [1.165, 1.54) is 23.3 Å². The molecule has 0 bridgehead atoms. The number of hydrogen-bond acceptors (Lipinski definition) is 3. The summed E-state index contributed by atoms with van der Waals surface area (Å²) < 4.78 is 18.4. The molecule has 1 fully saturated rings. The van der Waals surface area contributed by atoms with Crippen molar-refractivity contribution in [2.24, 2.45) is 0 Å². The molecule has 1 N–H and O–H groups in total. The highest BCUT2D eigenvalue weighted by molar-refractivity contribution is 5.90. The van der Waals surface area contributed by atoms with Crippen LogP contribution in [0.5, 0.6) is 0 Å². The predicted octanol–water partition coefficient (Wildman–Crippen LogP) is 2.23. The van der Waals surface area contributed by atoms with Crippen molar-refractivity contribution in [3.8, 4) is 0 Å². The fourth-order valence-corrected chi connectivity index (χ4v) is 2.73. The Labute approximate surface area is 133 Å². The first-order valence-electron chi connectivity index (χ1n) is 7.47. The molecule has 6 heteroatoms. The lowest BCUT2D eigenvalue weighted by Crippen LogP contribution is -2.44. The molecule has 0 radical (unpaired) electrons. The van der Waals surface area contributed by atoms with Crippen LogP contribution in [0.1, 0.15) is 24.2 Å². The van der Waals surface area contributed by atoms with Crippen molar-refractivity contribution in [2.75, 3.05) is 0 Å². The quantitative estimate of drug-likeness (QED) is 0.920. The Morgan fingerprint density at radius 3 is 2.96 bits per heavy atom. The van der Waals surface area contributed by atoms with Gasteiger partial charge >= 0.3 is 0 Å². The van der Waals surface area contributed by atoms with Crippen LogP contribution in [-0.4, -0.2) is 22.8 Å². The summed E-state index contributed by atoms with van der Waals surface area (Å²) in [4.78, 5) is 25.9. The molecule has 3 rings (SSSR count). The van der Waals surface area contributed by atoms with Crippen molar-refractivity contribution in [3.63, 3.8) is 0 Å². The summed E-state index contributed by atoms with van der Waals surface area (Å²) in [5.41, 5.74) is 0.681. The van der Waals surface area contributed by atoms with E-state index < -0.39 is 6.04 Å². The van der Waals surface area contributed by atoms with Crippen LogP contribution in [0.25, 0.3) is 0 Å². The Balaban J connectivity index is 1.62. The van der Waals surface area contributed by atoms with Gasteiger partial charge in [0, 0.05) is 13.0 Å². The first kappa shape index (κ1) is 15.3. The summed E-state index contributed by atoms with van der Waals surface area (Å²) in [6.07, 6.45) is 2.36. The number of carbonyl (C=O) groups excluding carboxylic acids is 2. The fraction of sp³-hybridized carbons (Fsp3) is 0.294. The Morgan fingerprint density at radius 1 is 1.35 bits per heavy atom. The molecule has 2 aromatic rings.